The number of amides is 1. The highest BCUT2D eigenvalue weighted by molar-refractivity contribution is 6.17. The number of fused-ring (bicyclic) bond motifs is 3. The van der Waals surface area contributed by atoms with Crippen LogP contribution in [0, 0.1) is 11.6 Å². The third-order valence-electron chi connectivity index (χ3n) is 4.89. The van der Waals surface area contributed by atoms with Crippen LogP contribution >= 0.6 is 0 Å². The number of primary amides is 1. The van der Waals surface area contributed by atoms with Crippen molar-refractivity contribution in [1.29, 1.82) is 0 Å². The predicted octanol–water partition coefficient (Wildman–Crippen LogP) is 4.78. The van der Waals surface area contributed by atoms with E-state index >= 15 is 0 Å². The van der Waals surface area contributed by atoms with Gasteiger partial charge in [-0.1, -0.05) is 25.1 Å². The largest absolute Gasteiger partial charge is 0.366 e. The summed E-state index contributed by atoms with van der Waals surface area (Å²) in [5.74, 6) is -1.73. The second kappa shape index (κ2) is 6.50. The second-order valence-electron chi connectivity index (χ2n) is 6.63. The van der Waals surface area contributed by atoms with Crippen LogP contribution in [0.15, 0.2) is 54.6 Å². The summed E-state index contributed by atoms with van der Waals surface area (Å²) in [7, 11) is 0. The van der Waals surface area contributed by atoms with E-state index in [0.29, 0.717) is 11.1 Å². The topological polar surface area (TPSA) is 48.0 Å². The predicted molar refractivity (Wildman–Crippen MR) is 103 cm³/mol. The van der Waals surface area contributed by atoms with Crippen molar-refractivity contribution in [3.05, 3.63) is 82.9 Å². The van der Waals surface area contributed by atoms with Gasteiger partial charge in [0.1, 0.15) is 11.6 Å². The van der Waals surface area contributed by atoms with E-state index in [-0.39, 0.29) is 6.54 Å². The number of nitrogens with zero attached hydrogens (tertiary/aromatic N) is 1. The molecule has 0 aliphatic rings. The minimum atomic E-state index is -0.613. The summed E-state index contributed by atoms with van der Waals surface area (Å²) >= 11 is 0. The molecule has 136 valence electrons. The number of aryl methyl sites for hydroxylation is 1. The van der Waals surface area contributed by atoms with Gasteiger partial charge in [0.05, 0.1) is 5.52 Å². The molecule has 3 aromatic carbocycles. The molecule has 0 saturated carbocycles. The first-order valence-electron chi connectivity index (χ1n) is 8.76. The van der Waals surface area contributed by atoms with Crippen molar-refractivity contribution in [3.8, 4) is 0 Å². The second-order valence-corrected chi connectivity index (χ2v) is 6.63. The van der Waals surface area contributed by atoms with Gasteiger partial charge in [0, 0.05) is 34.5 Å². The summed E-state index contributed by atoms with van der Waals surface area (Å²) < 4.78 is 29.3. The number of hydrogen-bond donors (Lipinski definition) is 1. The van der Waals surface area contributed by atoms with Gasteiger partial charge in [-0.25, -0.2) is 8.78 Å². The Morgan fingerprint density at radius 1 is 0.963 bits per heavy atom. The fraction of sp³-hybridized carbons (Fsp3) is 0.136. The van der Waals surface area contributed by atoms with Gasteiger partial charge >= 0.3 is 0 Å². The first kappa shape index (κ1) is 17.2. The maximum atomic E-state index is 13.7. The lowest BCUT2D eigenvalue weighted by Gasteiger charge is -2.09. The molecule has 0 atom stereocenters. The highest BCUT2D eigenvalue weighted by Gasteiger charge is 2.17. The zero-order valence-corrected chi connectivity index (χ0v) is 14.8. The number of nitrogens with two attached hydrogens (primary N) is 1. The molecule has 1 aromatic heterocycles. The van der Waals surface area contributed by atoms with Crippen LogP contribution in [0.3, 0.4) is 0 Å². The molecule has 0 saturated heterocycles. The Morgan fingerprint density at radius 2 is 1.70 bits per heavy atom. The molecule has 2 N–H and O–H groups in total. The minimum Gasteiger partial charge on any atom is -0.366 e. The molecule has 1 heterocycles. The molecule has 0 fully saturated rings. The van der Waals surface area contributed by atoms with E-state index in [4.69, 9.17) is 5.73 Å². The van der Waals surface area contributed by atoms with Gasteiger partial charge in [-0.2, -0.15) is 0 Å². The van der Waals surface area contributed by atoms with Crippen molar-refractivity contribution in [3.63, 3.8) is 0 Å². The molecule has 0 spiro atoms. The van der Waals surface area contributed by atoms with Crippen LogP contribution in [-0.2, 0) is 13.0 Å². The van der Waals surface area contributed by atoms with E-state index in [0.717, 1.165) is 39.9 Å². The van der Waals surface area contributed by atoms with E-state index < -0.39 is 17.5 Å². The number of carbonyl (C=O) groups is 1. The van der Waals surface area contributed by atoms with Crippen LogP contribution in [0.2, 0.25) is 0 Å². The monoisotopic (exact) mass is 364 g/mol. The van der Waals surface area contributed by atoms with Crippen LogP contribution in [0.4, 0.5) is 8.78 Å². The first-order chi connectivity index (χ1) is 13.0. The van der Waals surface area contributed by atoms with Crippen molar-refractivity contribution in [1.82, 2.24) is 4.57 Å². The quantitative estimate of drug-likeness (QED) is 0.556. The third kappa shape index (κ3) is 2.95. The molecule has 0 aliphatic carbocycles. The summed E-state index contributed by atoms with van der Waals surface area (Å²) in [5.41, 5.74) is 9.38. The molecular weight excluding hydrogens is 346 g/mol. The van der Waals surface area contributed by atoms with Gasteiger partial charge in [0.15, 0.2) is 0 Å². The maximum absolute atomic E-state index is 13.7. The van der Waals surface area contributed by atoms with Crippen LogP contribution in [0.1, 0.15) is 28.4 Å². The van der Waals surface area contributed by atoms with E-state index in [9.17, 15) is 13.6 Å². The number of benzene rings is 3. The Kier molecular flexibility index (Phi) is 4.15. The van der Waals surface area contributed by atoms with Crippen molar-refractivity contribution in [2.75, 3.05) is 0 Å². The van der Waals surface area contributed by atoms with E-state index in [1.54, 1.807) is 12.1 Å². The number of rotatable bonds is 4. The SMILES string of the molecule is CCc1ccc2c3c(C(N)=O)cccc3n(Cc3cc(F)cc(F)c3)c2c1. The summed E-state index contributed by atoms with van der Waals surface area (Å²) in [4.78, 5) is 12.0. The van der Waals surface area contributed by atoms with Gasteiger partial charge in [-0.3, -0.25) is 4.79 Å². The number of halogens is 2. The normalized spacial score (nSPS) is 11.4. The number of hydrogen-bond acceptors (Lipinski definition) is 1. The molecular formula is C22H18F2N2O. The summed E-state index contributed by atoms with van der Waals surface area (Å²) in [5, 5.41) is 1.66. The maximum Gasteiger partial charge on any atom is 0.249 e. The van der Waals surface area contributed by atoms with Crippen molar-refractivity contribution < 1.29 is 13.6 Å². The highest BCUT2D eigenvalue weighted by atomic mass is 19.1. The van der Waals surface area contributed by atoms with Gasteiger partial charge in [-0.15, -0.1) is 0 Å². The van der Waals surface area contributed by atoms with Crippen molar-refractivity contribution in [2.45, 2.75) is 19.9 Å². The Balaban J connectivity index is 2.04. The Labute approximate surface area is 155 Å². The molecule has 0 unspecified atom stereocenters. The van der Waals surface area contributed by atoms with E-state index in [1.807, 2.05) is 22.8 Å². The molecule has 4 rings (SSSR count). The lowest BCUT2D eigenvalue weighted by molar-refractivity contribution is 0.100. The molecule has 3 nitrogen and oxygen atoms in total. The molecule has 27 heavy (non-hydrogen) atoms. The summed E-state index contributed by atoms with van der Waals surface area (Å²) in [6, 6.07) is 14.9. The van der Waals surface area contributed by atoms with Crippen molar-refractivity contribution in [2.24, 2.45) is 5.73 Å². The average molecular weight is 364 g/mol. The first-order valence-corrected chi connectivity index (χ1v) is 8.76. The Hall–Kier alpha value is -3.21. The van der Waals surface area contributed by atoms with Gasteiger partial charge in [0.2, 0.25) is 5.91 Å². The number of carbonyl (C=O) groups excluding carboxylic acids is 1. The highest BCUT2D eigenvalue weighted by Crippen LogP contribution is 2.33. The zero-order valence-electron chi connectivity index (χ0n) is 14.8. The molecule has 5 heteroatoms. The van der Waals surface area contributed by atoms with E-state index in [1.165, 1.54) is 12.1 Å². The smallest absolute Gasteiger partial charge is 0.249 e. The molecule has 0 bridgehead atoms. The molecule has 4 aromatic rings. The van der Waals surface area contributed by atoms with Gasteiger partial charge in [0.25, 0.3) is 0 Å². The average Bonchev–Trinajstić information content (AvgIpc) is 2.94. The fourth-order valence-electron chi connectivity index (χ4n) is 3.67. The van der Waals surface area contributed by atoms with Crippen LogP contribution in [0.25, 0.3) is 21.8 Å². The van der Waals surface area contributed by atoms with Crippen LogP contribution < -0.4 is 5.73 Å². The number of aromatic nitrogens is 1. The van der Waals surface area contributed by atoms with Gasteiger partial charge < -0.3 is 10.3 Å². The summed E-state index contributed by atoms with van der Waals surface area (Å²) in [6.45, 7) is 2.34. The fourth-order valence-corrected chi connectivity index (χ4v) is 3.67. The zero-order chi connectivity index (χ0) is 19.1. The van der Waals surface area contributed by atoms with Gasteiger partial charge in [-0.05, 0) is 47.9 Å². The van der Waals surface area contributed by atoms with Crippen LogP contribution in [-0.4, -0.2) is 10.5 Å². The summed E-state index contributed by atoms with van der Waals surface area (Å²) in [6.07, 6.45) is 0.856. The lowest BCUT2D eigenvalue weighted by atomic mass is 10.0. The Morgan fingerprint density at radius 3 is 2.37 bits per heavy atom. The molecule has 0 radical (unpaired) electrons. The standard InChI is InChI=1S/C22H18F2N2O/c1-2-13-6-7-17-20(10-13)26(12-14-8-15(23)11-16(24)9-14)19-5-3-4-18(21(17)19)22(25)27/h3-11H,2,12H2,1H3,(H2,25,27). The molecule has 0 aliphatic heterocycles. The lowest BCUT2D eigenvalue weighted by Crippen LogP contribution is -2.11. The van der Waals surface area contributed by atoms with E-state index in [2.05, 4.69) is 13.0 Å². The van der Waals surface area contributed by atoms with Crippen LogP contribution in [0.5, 0.6) is 0 Å². The Bertz CT molecular complexity index is 1170. The van der Waals surface area contributed by atoms with Crippen molar-refractivity contribution >= 4 is 27.7 Å². The minimum absolute atomic E-state index is 0.282. The third-order valence-corrected chi connectivity index (χ3v) is 4.89. The molecule has 1 amide bonds.